The smallest absolute Gasteiger partial charge is 0.228 e. The molecule has 0 amide bonds. The number of carbonyl (C=O) groups is 1. The molecule has 3 aromatic rings. The zero-order valence-corrected chi connectivity index (χ0v) is 14.8. The SMILES string of the molecule is CC(=O)c1ccccc1OCCn1c(S(C)(=O)=O)nc2ccccc21. The molecule has 0 unspecified atom stereocenters. The van der Waals surface area contributed by atoms with Gasteiger partial charge in [-0.3, -0.25) is 4.79 Å². The lowest BCUT2D eigenvalue weighted by Gasteiger charge is -2.12. The third-order valence-electron chi connectivity index (χ3n) is 3.79. The number of benzene rings is 2. The van der Waals surface area contributed by atoms with Gasteiger partial charge in [-0.2, -0.15) is 0 Å². The number of Topliss-reactive ketones (excluding diaryl/α,β-unsaturated/α-hetero) is 1. The van der Waals surface area contributed by atoms with Crippen LogP contribution in [0, 0.1) is 0 Å². The molecule has 0 aliphatic heterocycles. The molecule has 0 spiro atoms. The highest BCUT2D eigenvalue weighted by Crippen LogP contribution is 2.21. The molecule has 0 atom stereocenters. The van der Waals surface area contributed by atoms with Gasteiger partial charge in [0.1, 0.15) is 12.4 Å². The Morgan fingerprint density at radius 1 is 1.12 bits per heavy atom. The number of sulfone groups is 1. The highest BCUT2D eigenvalue weighted by atomic mass is 32.2. The Labute approximate surface area is 146 Å². The maximum atomic E-state index is 12.0. The number of hydrogen-bond donors (Lipinski definition) is 0. The van der Waals surface area contributed by atoms with Gasteiger partial charge in [-0.05, 0) is 31.2 Å². The van der Waals surface area contributed by atoms with Crippen LogP contribution in [0.15, 0.2) is 53.7 Å². The Morgan fingerprint density at radius 3 is 2.52 bits per heavy atom. The highest BCUT2D eigenvalue weighted by molar-refractivity contribution is 7.90. The molecule has 0 saturated heterocycles. The summed E-state index contributed by atoms with van der Waals surface area (Å²) in [5.41, 5.74) is 1.85. The predicted molar refractivity (Wildman–Crippen MR) is 94.8 cm³/mol. The van der Waals surface area contributed by atoms with Gasteiger partial charge in [-0.1, -0.05) is 24.3 Å². The van der Waals surface area contributed by atoms with Gasteiger partial charge in [-0.15, -0.1) is 0 Å². The minimum Gasteiger partial charge on any atom is -0.491 e. The fourth-order valence-corrected chi connectivity index (χ4v) is 3.54. The van der Waals surface area contributed by atoms with E-state index in [-0.39, 0.29) is 17.5 Å². The number of rotatable bonds is 6. The van der Waals surface area contributed by atoms with E-state index in [1.165, 1.54) is 6.92 Å². The van der Waals surface area contributed by atoms with Crippen LogP contribution in [-0.4, -0.2) is 36.6 Å². The van der Waals surface area contributed by atoms with E-state index in [0.29, 0.717) is 23.4 Å². The average Bonchev–Trinajstić information content (AvgIpc) is 2.94. The highest BCUT2D eigenvalue weighted by Gasteiger charge is 2.19. The number of nitrogens with zero attached hydrogens (tertiary/aromatic N) is 2. The number of imidazole rings is 1. The molecule has 0 N–H and O–H groups in total. The van der Waals surface area contributed by atoms with Crippen LogP contribution in [0.1, 0.15) is 17.3 Å². The lowest BCUT2D eigenvalue weighted by atomic mass is 10.1. The summed E-state index contributed by atoms with van der Waals surface area (Å²) in [5.74, 6) is 0.404. The maximum Gasteiger partial charge on any atom is 0.228 e. The van der Waals surface area contributed by atoms with Crippen LogP contribution in [-0.2, 0) is 16.4 Å². The van der Waals surface area contributed by atoms with E-state index >= 15 is 0 Å². The second kappa shape index (κ2) is 6.68. The van der Waals surface area contributed by atoms with Crippen molar-refractivity contribution in [2.45, 2.75) is 18.6 Å². The van der Waals surface area contributed by atoms with E-state index < -0.39 is 9.84 Å². The third kappa shape index (κ3) is 3.56. The van der Waals surface area contributed by atoms with Gasteiger partial charge in [0.25, 0.3) is 0 Å². The van der Waals surface area contributed by atoms with E-state index in [1.807, 2.05) is 18.2 Å². The fourth-order valence-electron chi connectivity index (χ4n) is 2.68. The monoisotopic (exact) mass is 358 g/mol. The molecule has 0 saturated carbocycles. The predicted octanol–water partition coefficient (Wildman–Crippen LogP) is 2.72. The van der Waals surface area contributed by atoms with Crippen LogP contribution < -0.4 is 4.74 Å². The first-order chi connectivity index (χ1) is 11.9. The number of aromatic nitrogens is 2. The van der Waals surface area contributed by atoms with Crippen molar-refractivity contribution in [1.82, 2.24) is 9.55 Å². The van der Waals surface area contributed by atoms with Crippen molar-refractivity contribution >= 4 is 26.7 Å². The lowest BCUT2D eigenvalue weighted by Crippen LogP contribution is -2.14. The summed E-state index contributed by atoms with van der Waals surface area (Å²) in [5, 5.41) is 0.0113. The first kappa shape index (κ1) is 17.2. The van der Waals surface area contributed by atoms with Gasteiger partial charge in [0.2, 0.25) is 15.0 Å². The molecular formula is C18H18N2O4S. The standard InChI is InChI=1S/C18H18N2O4S/c1-13(21)14-7-3-6-10-17(14)24-12-11-20-16-9-5-4-8-15(16)19-18(20)25(2,22)23/h3-10H,11-12H2,1-2H3. The van der Waals surface area contributed by atoms with Crippen molar-refractivity contribution in [3.05, 3.63) is 54.1 Å². The summed E-state index contributed by atoms with van der Waals surface area (Å²) in [6.45, 7) is 2.00. The molecule has 1 heterocycles. The van der Waals surface area contributed by atoms with Crippen molar-refractivity contribution in [2.75, 3.05) is 12.9 Å². The van der Waals surface area contributed by atoms with Gasteiger partial charge in [0.05, 0.1) is 23.1 Å². The zero-order chi connectivity index (χ0) is 18.0. The molecule has 7 heteroatoms. The largest absolute Gasteiger partial charge is 0.491 e. The van der Waals surface area contributed by atoms with Crippen LogP contribution in [0.3, 0.4) is 0 Å². The van der Waals surface area contributed by atoms with Crippen molar-refractivity contribution in [3.63, 3.8) is 0 Å². The van der Waals surface area contributed by atoms with E-state index in [1.54, 1.807) is 34.9 Å². The van der Waals surface area contributed by atoms with E-state index in [0.717, 1.165) is 11.8 Å². The van der Waals surface area contributed by atoms with Gasteiger partial charge in [-0.25, -0.2) is 13.4 Å². The summed E-state index contributed by atoms with van der Waals surface area (Å²) in [7, 11) is -3.47. The minimum atomic E-state index is -3.47. The molecule has 0 fully saturated rings. The molecule has 2 aromatic carbocycles. The molecule has 3 rings (SSSR count). The first-order valence-electron chi connectivity index (χ1n) is 7.76. The van der Waals surface area contributed by atoms with Crippen molar-refractivity contribution in [1.29, 1.82) is 0 Å². The lowest BCUT2D eigenvalue weighted by molar-refractivity contribution is 0.101. The summed E-state index contributed by atoms with van der Waals surface area (Å²) in [6.07, 6.45) is 1.14. The van der Waals surface area contributed by atoms with Crippen LogP contribution >= 0.6 is 0 Å². The van der Waals surface area contributed by atoms with Crippen molar-refractivity contribution in [3.8, 4) is 5.75 Å². The number of para-hydroxylation sites is 3. The normalized spacial score (nSPS) is 11.6. The van der Waals surface area contributed by atoms with Crippen LogP contribution in [0.4, 0.5) is 0 Å². The molecule has 0 bridgehead atoms. The van der Waals surface area contributed by atoms with E-state index in [4.69, 9.17) is 4.74 Å². The Hall–Kier alpha value is -2.67. The first-order valence-corrected chi connectivity index (χ1v) is 9.65. The van der Waals surface area contributed by atoms with Crippen molar-refractivity contribution in [2.24, 2.45) is 0 Å². The summed E-state index contributed by atoms with van der Waals surface area (Å²) < 4.78 is 31.4. The zero-order valence-electron chi connectivity index (χ0n) is 14.0. The van der Waals surface area contributed by atoms with Gasteiger partial charge >= 0.3 is 0 Å². The van der Waals surface area contributed by atoms with Crippen LogP contribution in [0.2, 0.25) is 0 Å². The molecule has 0 aliphatic rings. The second-order valence-corrected chi connectivity index (χ2v) is 7.62. The van der Waals surface area contributed by atoms with E-state index in [2.05, 4.69) is 4.98 Å². The van der Waals surface area contributed by atoms with Gasteiger partial charge < -0.3 is 9.30 Å². The summed E-state index contributed by atoms with van der Waals surface area (Å²) >= 11 is 0. The number of carbonyl (C=O) groups excluding carboxylic acids is 1. The molecule has 1 aromatic heterocycles. The number of ketones is 1. The minimum absolute atomic E-state index is 0.0113. The summed E-state index contributed by atoms with van der Waals surface area (Å²) in [4.78, 5) is 15.9. The molecular weight excluding hydrogens is 340 g/mol. The maximum absolute atomic E-state index is 12.0. The number of ether oxygens (including phenoxy) is 1. The van der Waals surface area contributed by atoms with Crippen LogP contribution in [0.5, 0.6) is 5.75 Å². The molecule has 0 aliphatic carbocycles. The molecule has 6 nitrogen and oxygen atoms in total. The fraction of sp³-hybridized carbons (Fsp3) is 0.222. The van der Waals surface area contributed by atoms with Crippen LogP contribution in [0.25, 0.3) is 11.0 Å². The molecule has 25 heavy (non-hydrogen) atoms. The quantitative estimate of drug-likeness (QED) is 0.633. The molecule has 130 valence electrons. The number of hydrogen-bond acceptors (Lipinski definition) is 5. The Morgan fingerprint density at radius 2 is 1.80 bits per heavy atom. The van der Waals surface area contributed by atoms with E-state index in [9.17, 15) is 13.2 Å². The van der Waals surface area contributed by atoms with Gasteiger partial charge in [0, 0.05) is 6.26 Å². The Kier molecular flexibility index (Phi) is 4.59. The topological polar surface area (TPSA) is 78.3 Å². The summed E-state index contributed by atoms with van der Waals surface area (Å²) in [6, 6.07) is 14.2. The Bertz CT molecular complexity index is 1040. The number of fused-ring (bicyclic) bond motifs is 1. The third-order valence-corrected chi connectivity index (χ3v) is 4.76. The van der Waals surface area contributed by atoms with Crippen molar-refractivity contribution < 1.29 is 17.9 Å². The second-order valence-electron chi connectivity index (χ2n) is 5.71. The van der Waals surface area contributed by atoms with Gasteiger partial charge in [0.15, 0.2) is 5.78 Å². The molecule has 0 radical (unpaired) electrons. The Balaban J connectivity index is 1.88. The average molecular weight is 358 g/mol.